The third-order valence-corrected chi connectivity index (χ3v) is 3.09. The average Bonchev–Trinajstić information content (AvgIpc) is 2.76. The number of nitrogens with zero attached hydrogens (tertiary/aromatic N) is 2. The Labute approximate surface area is 111 Å². The van der Waals surface area contributed by atoms with Crippen LogP contribution in [0.15, 0.2) is 30.5 Å². The lowest BCUT2D eigenvalue weighted by atomic mass is 10.2. The van der Waals surface area contributed by atoms with Gasteiger partial charge in [-0.25, -0.2) is 0 Å². The van der Waals surface area contributed by atoms with Gasteiger partial charge < -0.3 is 10.7 Å². The van der Waals surface area contributed by atoms with E-state index in [0.717, 1.165) is 16.9 Å². The third-order valence-electron chi connectivity index (χ3n) is 3.09. The average molecular weight is 259 g/mol. The Morgan fingerprint density at radius 3 is 2.58 bits per heavy atom. The summed E-state index contributed by atoms with van der Waals surface area (Å²) in [6.07, 6.45) is 1.76. The second-order valence-corrected chi connectivity index (χ2v) is 4.28. The highest BCUT2D eigenvalue weighted by Crippen LogP contribution is 2.09. The number of carbonyl (C=O) groups is 1. The van der Waals surface area contributed by atoms with E-state index in [9.17, 15) is 4.79 Å². The van der Waals surface area contributed by atoms with E-state index < -0.39 is 0 Å². The van der Waals surface area contributed by atoms with Crippen LogP contribution in [-0.2, 0) is 13.6 Å². The minimum atomic E-state index is -0.119. The van der Waals surface area contributed by atoms with Gasteiger partial charge in [0.25, 0.3) is 5.91 Å². The number of aryl methyl sites for hydroxylation is 1. The van der Waals surface area contributed by atoms with E-state index in [1.807, 2.05) is 14.0 Å². The molecule has 19 heavy (non-hydrogen) atoms. The van der Waals surface area contributed by atoms with Crippen molar-refractivity contribution in [2.24, 2.45) is 12.9 Å². The van der Waals surface area contributed by atoms with Crippen molar-refractivity contribution in [1.82, 2.24) is 15.1 Å². The fourth-order valence-corrected chi connectivity index (χ4v) is 1.71. The summed E-state index contributed by atoms with van der Waals surface area (Å²) in [7, 11) is 1.87. The van der Waals surface area contributed by atoms with Gasteiger partial charge in [0, 0.05) is 36.1 Å². The molecule has 1 heterocycles. The first-order valence-electron chi connectivity index (χ1n) is 5.94. The number of anilines is 1. The summed E-state index contributed by atoms with van der Waals surface area (Å²) >= 11 is 0. The van der Waals surface area contributed by atoms with Crippen LogP contribution in [0, 0.1) is 6.92 Å². The molecular formula is C13H17N5O. The van der Waals surface area contributed by atoms with Crippen molar-refractivity contribution in [1.29, 1.82) is 0 Å². The molecule has 0 bridgehead atoms. The first kappa shape index (κ1) is 13.1. The molecule has 0 atom stereocenters. The monoisotopic (exact) mass is 259 g/mol. The standard InChI is InChI=1S/C13H17N5O/c1-9-11(8-16-18(9)2)7-15-13(19)10-3-5-12(17-14)6-4-10/h3-6,8,17H,7,14H2,1-2H3,(H,15,19). The maximum Gasteiger partial charge on any atom is 0.251 e. The largest absolute Gasteiger partial charge is 0.348 e. The van der Waals surface area contributed by atoms with E-state index in [2.05, 4.69) is 15.8 Å². The maximum absolute atomic E-state index is 11.9. The molecule has 1 amide bonds. The summed E-state index contributed by atoms with van der Waals surface area (Å²) in [6, 6.07) is 6.95. The fraction of sp³-hybridized carbons (Fsp3) is 0.231. The summed E-state index contributed by atoms with van der Waals surface area (Å²) in [5.41, 5.74) is 5.93. The van der Waals surface area contributed by atoms with Gasteiger partial charge in [-0.15, -0.1) is 0 Å². The van der Waals surface area contributed by atoms with Crippen LogP contribution in [0.4, 0.5) is 5.69 Å². The number of aromatic nitrogens is 2. The molecule has 0 spiro atoms. The zero-order chi connectivity index (χ0) is 13.8. The van der Waals surface area contributed by atoms with E-state index in [1.165, 1.54) is 0 Å². The molecule has 100 valence electrons. The van der Waals surface area contributed by atoms with Crippen molar-refractivity contribution in [3.63, 3.8) is 0 Å². The molecule has 4 N–H and O–H groups in total. The summed E-state index contributed by atoms with van der Waals surface area (Å²) in [5.74, 6) is 5.15. The molecule has 0 aliphatic carbocycles. The first-order chi connectivity index (χ1) is 9.11. The van der Waals surface area contributed by atoms with Gasteiger partial charge >= 0.3 is 0 Å². The Hall–Kier alpha value is -2.34. The van der Waals surface area contributed by atoms with Gasteiger partial charge in [0.1, 0.15) is 0 Å². The Kier molecular flexibility index (Phi) is 3.82. The van der Waals surface area contributed by atoms with Crippen molar-refractivity contribution in [2.45, 2.75) is 13.5 Å². The summed E-state index contributed by atoms with van der Waals surface area (Å²) in [4.78, 5) is 11.9. The van der Waals surface area contributed by atoms with Gasteiger partial charge in [0.2, 0.25) is 0 Å². The molecule has 1 aromatic carbocycles. The highest BCUT2D eigenvalue weighted by Gasteiger charge is 2.08. The molecule has 0 radical (unpaired) electrons. The van der Waals surface area contributed by atoms with Crippen molar-refractivity contribution in [3.8, 4) is 0 Å². The molecule has 0 fully saturated rings. The van der Waals surface area contributed by atoms with Gasteiger partial charge in [0.15, 0.2) is 0 Å². The van der Waals surface area contributed by atoms with Crippen LogP contribution in [0.2, 0.25) is 0 Å². The highest BCUT2D eigenvalue weighted by atomic mass is 16.1. The molecule has 0 aliphatic rings. The van der Waals surface area contributed by atoms with Crippen LogP contribution in [0.3, 0.4) is 0 Å². The number of nitrogen functional groups attached to an aromatic ring is 1. The van der Waals surface area contributed by atoms with Gasteiger partial charge in [-0.3, -0.25) is 15.3 Å². The third kappa shape index (κ3) is 2.92. The Balaban J connectivity index is 1.99. The number of carbonyl (C=O) groups excluding carboxylic acids is 1. The smallest absolute Gasteiger partial charge is 0.251 e. The quantitative estimate of drug-likeness (QED) is 0.563. The molecule has 2 rings (SSSR count). The summed E-state index contributed by atoms with van der Waals surface area (Å²) in [5, 5.41) is 7.00. The van der Waals surface area contributed by atoms with Crippen LogP contribution >= 0.6 is 0 Å². The molecule has 2 aromatic rings. The lowest BCUT2D eigenvalue weighted by Gasteiger charge is -2.06. The maximum atomic E-state index is 11.9. The molecule has 6 nitrogen and oxygen atoms in total. The van der Waals surface area contributed by atoms with Crippen LogP contribution in [0.25, 0.3) is 0 Å². The van der Waals surface area contributed by atoms with Crippen LogP contribution < -0.4 is 16.6 Å². The molecule has 0 saturated carbocycles. The van der Waals surface area contributed by atoms with E-state index in [0.29, 0.717) is 12.1 Å². The molecule has 0 unspecified atom stereocenters. The van der Waals surface area contributed by atoms with Gasteiger partial charge in [-0.1, -0.05) is 0 Å². The normalized spacial score (nSPS) is 10.3. The van der Waals surface area contributed by atoms with Crippen LogP contribution in [-0.4, -0.2) is 15.7 Å². The van der Waals surface area contributed by atoms with E-state index >= 15 is 0 Å². The number of hydrogen-bond acceptors (Lipinski definition) is 4. The molecule has 0 saturated heterocycles. The van der Waals surface area contributed by atoms with Crippen molar-refractivity contribution in [2.75, 3.05) is 5.43 Å². The minimum absolute atomic E-state index is 0.119. The summed E-state index contributed by atoms with van der Waals surface area (Å²) in [6.45, 7) is 2.44. The molecule has 0 aliphatic heterocycles. The Morgan fingerprint density at radius 2 is 2.05 bits per heavy atom. The van der Waals surface area contributed by atoms with Crippen LogP contribution in [0.5, 0.6) is 0 Å². The number of rotatable bonds is 4. The van der Waals surface area contributed by atoms with Crippen molar-refractivity contribution >= 4 is 11.6 Å². The topological polar surface area (TPSA) is 85.0 Å². The number of amides is 1. The van der Waals surface area contributed by atoms with Gasteiger partial charge in [0.05, 0.1) is 6.20 Å². The Morgan fingerprint density at radius 1 is 1.37 bits per heavy atom. The van der Waals surface area contributed by atoms with E-state index in [4.69, 9.17) is 5.84 Å². The lowest BCUT2D eigenvalue weighted by molar-refractivity contribution is 0.0951. The van der Waals surface area contributed by atoms with Crippen LogP contribution in [0.1, 0.15) is 21.6 Å². The number of benzene rings is 1. The second-order valence-electron chi connectivity index (χ2n) is 4.28. The first-order valence-corrected chi connectivity index (χ1v) is 5.94. The second kappa shape index (κ2) is 5.53. The number of nitrogens with one attached hydrogen (secondary N) is 2. The minimum Gasteiger partial charge on any atom is -0.348 e. The number of nitrogens with two attached hydrogens (primary N) is 1. The summed E-state index contributed by atoms with van der Waals surface area (Å²) < 4.78 is 1.78. The van der Waals surface area contributed by atoms with Gasteiger partial charge in [-0.05, 0) is 31.2 Å². The SMILES string of the molecule is Cc1c(CNC(=O)c2ccc(NN)cc2)cnn1C. The van der Waals surface area contributed by atoms with Crippen molar-refractivity contribution < 1.29 is 4.79 Å². The highest BCUT2D eigenvalue weighted by molar-refractivity contribution is 5.94. The number of hydrazine groups is 1. The Bertz CT molecular complexity index is 573. The van der Waals surface area contributed by atoms with Gasteiger partial charge in [-0.2, -0.15) is 5.10 Å². The molecule has 1 aromatic heterocycles. The molecular weight excluding hydrogens is 242 g/mol. The predicted molar refractivity (Wildman–Crippen MR) is 73.4 cm³/mol. The zero-order valence-corrected chi connectivity index (χ0v) is 11.0. The predicted octanol–water partition coefficient (Wildman–Crippen LogP) is 0.944. The lowest BCUT2D eigenvalue weighted by Crippen LogP contribution is -2.23. The van der Waals surface area contributed by atoms with E-state index in [-0.39, 0.29) is 5.91 Å². The van der Waals surface area contributed by atoms with Crippen molar-refractivity contribution in [3.05, 3.63) is 47.3 Å². The molecule has 6 heteroatoms. The fourth-order valence-electron chi connectivity index (χ4n) is 1.71. The van der Waals surface area contributed by atoms with E-state index in [1.54, 1.807) is 35.1 Å². The zero-order valence-electron chi connectivity index (χ0n) is 11.0. The number of hydrogen-bond donors (Lipinski definition) is 3.